The van der Waals surface area contributed by atoms with Crippen molar-refractivity contribution in [2.24, 2.45) is 0 Å². The Morgan fingerprint density at radius 2 is 0.682 bits per heavy atom. The minimum Gasteiger partial charge on any atom is -0.876 e. The third-order valence-electron chi connectivity index (χ3n) is 1.22. The van der Waals surface area contributed by atoms with Crippen molar-refractivity contribution in [2.45, 2.75) is 41.5 Å². The largest absolute Gasteiger partial charge is 3.00 e. The number of carbonyl (C=O) groups is 3. The summed E-state index contributed by atoms with van der Waals surface area (Å²) >= 11 is 0. The van der Waals surface area contributed by atoms with E-state index in [9.17, 15) is 29.7 Å². The molecule has 0 amide bonds. The van der Waals surface area contributed by atoms with Crippen molar-refractivity contribution in [1.82, 2.24) is 0 Å². The molecule has 0 bridgehead atoms. The van der Waals surface area contributed by atoms with Crippen LogP contribution < -0.4 is 15.3 Å². The second kappa shape index (κ2) is 17.2. The Bertz CT molecular complexity index is 368. The first-order valence-electron chi connectivity index (χ1n) is 5.96. The van der Waals surface area contributed by atoms with Gasteiger partial charge in [0, 0.05) is 0 Å². The van der Waals surface area contributed by atoms with E-state index in [0.717, 1.165) is 18.2 Å². The summed E-state index contributed by atoms with van der Waals surface area (Å²) in [6, 6.07) is 0. The molecule has 0 aromatic heterocycles. The maximum absolute atomic E-state index is 9.98. The first kappa shape index (κ1) is 28.3. The van der Waals surface area contributed by atoms with Gasteiger partial charge in [-0.15, -0.1) is 17.3 Å². The van der Waals surface area contributed by atoms with Gasteiger partial charge in [0.05, 0.1) is 0 Å². The van der Waals surface area contributed by atoms with E-state index in [1.54, 1.807) is 0 Å². The van der Waals surface area contributed by atoms with Gasteiger partial charge in [-0.3, -0.25) is 14.4 Å². The van der Waals surface area contributed by atoms with Crippen molar-refractivity contribution >= 4 is 17.3 Å². The summed E-state index contributed by atoms with van der Waals surface area (Å²) in [5, 5.41) is 29.9. The molecule has 125 valence electrons. The van der Waals surface area contributed by atoms with Crippen LogP contribution in [0.15, 0.2) is 35.5 Å². The SMILES string of the molecule is CC(=O)/C=C(\C)[O-].CC(=O)/C=C(\C)[O-].CC(=O)/C=C(\C)[O-].[Fe+3]. The second-order valence-electron chi connectivity index (χ2n) is 4.10. The van der Waals surface area contributed by atoms with E-state index in [-0.39, 0.29) is 51.7 Å². The summed E-state index contributed by atoms with van der Waals surface area (Å²) in [4.78, 5) is 29.9. The molecule has 6 nitrogen and oxygen atoms in total. The summed E-state index contributed by atoms with van der Waals surface area (Å²) in [6.07, 6.45) is 3.17. The average Bonchev–Trinajstić information content (AvgIpc) is 2.10. The Morgan fingerprint density at radius 1 is 0.545 bits per heavy atom. The number of ketones is 3. The normalized spacial score (nSPS) is 10.9. The van der Waals surface area contributed by atoms with Gasteiger partial charge in [0.1, 0.15) is 0 Å². The minimum atomic E-state index is -0.187. The average molecular weight is 353 g/mol. The molecule has 0 aromatic carbocycles. The molecule has 0 aliphatic heterocycles. The Hall–Kier alpha value is -1.85. The van der Waals surface area contributed by atoms with Crippen molar-refractivity contribution in [2.75, 3.05) is 0 Å². The monoisotopic (exact) mass is 353 g/mol. The van der Waals surface area contributed by atoms with Crippen LogP contribution in [0.3, 0.4) is 0 Å². The van der Waals surface area contributed by atoms with Crippen LogP contribution in [0.5, 0.6) is 0 Å². The molecule has 0 unspecified atom stereocenters. The van der Waals surface area contributed by atoms with Gasteiger partial charge in [-0.25, -0.2) is 0 Å². The maximum atomic E-state index is 9.98. The van der Waals surface area contributed by atoms with Gasteiger partial charge in [-0.05, 0) is 39.0 Å². The predicted octanol–water partition coefficient (Wildman–Crippen LogP) is -0.484. The molecule has 0 heterocycles. The summed E-state index contributed by atoms with van der Waals surface area (Å²) < 4.78 is 0. The number of carbonyl (C=O) groups excluding carboxylic acids is 3. The Morgan fingerprint density at radius 3 is 0.682 bits per heavy atom. The Balaban J connectivity index is -0.000000108. The van der Waals surface area contributed by atoms with Gasteiger partial charge >= 0.3 is 17.1 Å². The predicted molar refractivity (Wildman–Crippen MR) is 73.3 cm³/mol. The zero-order valence-electron chi connectivity index (χ0n) is 13.5. The molecular formula is C15H21FeO6. The number of hydrogen-bond donors (Lipinski definition) is 0. The molecule has 22 heavy (non-hydrogen) atoms. The van der Waals surface area contributed by atoms with Crippen molar-refractivity contribution in [3.63, 3.8) is 0 Å². The van der Waals surface area contributed by atoms with Crippen molar-refractivity contribution in [1.29, 1.82) is 0 Å². The van der Waals surface area contributed by atoms with E-state index in [4.69, 9.17) is 0 Å². The van der Waals surface area contributed by atoms with Crippen LogP contribution >= 0.6 is 0 Å². The van der Waals surface area contributed by atoms with Crippen LogP contribution in [0.2, 0.25) is 0 Å². The van der Waals surface area contributed by atoms with E-state index in [1.807, 2.05) is 0 Å². The maximum Gasteiger partial charge on any atom is 3.00 e. The van der Waals surface area contributed by atoms with E-state index < -0.39 is 0 Å². The zero-order chi connectivity index (χ0) is 17.6. The summed E-state index contributed by atoms with van der Waals surface area (Å²) in [5.74, 6) is -1.12. The fraction of sp³-hybridized carbons (Fsp3) is 0.400. The third kappa shape index (κ3) is 51.8. The number of allylic oxidation sites excluding steroid dienone is 6. The van der Waals surface area contributed by atoms with Crippen LogP contribution in [-0.4, -0.2) is 17.3 Å². The fourth-order valence-electron chi connectivity index (χ4n) is 0.859. The molecule has 1 radical (unpaired) electrons. The zero-order valence-corrected chi connectivity index (χ0v) is 14.6. The first-order chi connectivity index (χ1) is 9.38. The Labute approximate surface area is 141 Å². The van der Waals surface area contributed by atoms with Gasteiger partial charge in [-0.2, -0.15) is 0 Å². The van der Waals surface area contributed by atoms with Crippen LogP contribution in [-0.2, 0) is 31.5 Å². The summed E-state index contributed by atoms with van der Waals surface area (Å²) in [6.45, 7) is 8.09. The van der Waals surface area contributed by atoms with Crippen molar-refractivity contribution in [3.05, 3.63) is 35.5 Å². The van der Waals surface area contributed by atoms with Crippen LogP contribution in [0.1, 0.15) is 41.5 Å². The second-order valence-corrected chi connectivity index (χ2v) is 4.10. The molecule has 0 saturated carbocycles. The number of rotatable bonds is 3. The molecule has 0 aliphatic rings. The van der Waals surface area contributed by atoms with E-state index in [1.165, 1.54) is 41.5 Å². The molecule has 0 fully saturated rings. The van der Waals surface area contributed by atoms with E-state index >= 15 is 0 Å². The van der Waals surface area contributed by atoms with Gasteiger partial charge in [0.25, 0.3) is 0 Å². The molecule has 0 rings (SSSR count). The quantitative estimate of drug-likeness (QED) is 0.384. The fourth-order valence-corrected chi connectivity index (χ4v) is 0.859. The topological polar surface area (TPSA) is 120 Å². The number of hydrogen-bond acceptors (Lipinski definition) is 6. The Kier molecular flexibility index (Phi) is 22.2. The molecule has 0 aromatic rings. The van der Waals surface area contributed by atoms with Gasteiger partial charge in [0.2, 0.25) is 0 Å². The van der Waals surface area contributed by atoms with Gasteiger partial charge in [0.15, 0.2) is 17.3 Å². The minimum absolute atomic E-state index is 0. The van der Waals surface area contributed by atoms with Crippen molar-refractivity contribution < 1.29 is 46.8 Å². The first-order valence-corrected chi connectivity index (χ1v) is 5.96. The van der Waals surface area contributed by atoms with E-state index in [0.29, 0.717) is 0 Å². The van der Waals surface area contributed by atoms with Gasteiger partial charge in [-0.1, -0.05) is 20.8 Å². The molecule has 0 N–H and O–H groups in total. The molecule has 0 aliphatic carbocycles. The molecule has 0 saturated heterocycles. The summed E-state index contributed by atoms with van der Waals surface area (Å²) in [7, 11) is 0. The molecule has 7 heteroatoms. The van der Waals surface area contributed by atoms with Crippen LogP contribution in [0.25, 0.3) is 0 Å². The third-order valence-corrected chi connectivity index (χ3v) is 1.22. The van der Waals surface area contributed by atoms with Crippen LogP contribution in [0, 0.1) is 0 Å². The van der Waals surface area contributed by atoms with Crippen molar-refractivity contribution in [3.8, 4) is 0 Å². The van der Waals surface area contributed by atoms with Gasteiger partial charge < -0.3 is 15.3 Å². The standard InChI is InChI=1S/3C5H8O2.Fe/c3*1-4(6)3-5(2)7;/h3*3,6H,1-2H3;/q;;;+3/p-3/b3*4-3+;. The molecular weight excluding hydrogens is 332 g/mol. The van der Waals surface area contributed by atoms with Crippen LogP contribution in [0.4, 0.5) is 0 Å². The molecule has 0 spiro atoms. The smallest absolute Gasteiger partial charge is 0.876 e. The van der Waals surface area contributed by atoms with E-state index in [2.05, 4.69) is 0 Å². The molecule has 0 atom stereocenters. The summed E-state index contributed by atoms with van der Waals surface area (Å²) in [5.41, 5.74) is 0.